The van der Waals surface area contributed by atoms with Crippen LogP contribution in [-0.4, -0.2) is 37.9 Å². The molecule has 0 aromatic carbocycles. The van der Waals surface area contributed by atoms with Crippen molar-refractivity contribution in [1.29, 1.82) is 0 Å². The summed E-state index contributed by atoms with van der Waals surface area (Å²) in [4.78, 5) is 0. The molecule has 1 aliphatic heterocycles. The van der Waals surface area contributed by atoms with Gasteiger partial charge in [-0.2, -0.15) is 0 Å². The molecule has 3 atom stereocenters. The van der Waals surface area contributed by atoms with Gasteiger partial charge in [-0.25, -0.2) is 0 Å². The van der Waals surface area contributed by atoms with Gasteiger partial charge in [0.2, 0.25) is 0 Å². The molecule has 0 bridgehead atoms. The molecule has 0 radical (unpaired) electrons. The van der Waals surface area contributed by atoms with E-state index in [0.29, 0.717) is 17.7 Å². The number of hydrogen-bond donors (Lipinski definition) is 2. The van der Waals surface area contributed by atoms with Gasteiger partial charge in [0.1, 0.15) is 0 Å². The third-order valence-corrected chi connectivity index (χ3v) is 4.52. The fraction of sp³-hybridized carbons (Fsp3) is 1.00. The zero-order chi connectivity index (χ0) is 12.1. The zero-order valence-electron chi connectivity index (χ0n) is 11.4. The summed E-state index contributed by atoms with van der Waals surface area (Å²) < 4.78 is 5.55. The SMILES string of the molecule is CCCC1(CNC2CCCC2OC)CCCN1. The molecule has 17 heavy (non-hydrogen) atoms. The van der Waals surface area contributed by atoms with E-state index in [4.69, 9.17) is 4.74 Å². The van der Waals surface area contributed by atoms with E-state index in [1.807, 2.05) is 7.11 Å². The Hall–Kier alpha value is -0.120. The third kappa shape index (κ3) is 3.21. The maximum absolute atomic E-state index is 5.55. The summed E-state index contributed by atoms with van der Waals surface area (Å²) in [6.07, 6.45) is 9.48. The van der Waals surface area contributed by atoms with Gasteiger partial charge >= 0.3 is 0 Å². The first-order valence-electron chi connectivity index (χ1n) is 7.31. The molecular weight excluding hydrogens is 212 g/mol. The molecule has 1 saturated heterocycles. The van der Waals surface area contributed by atoms with E-state index in [-0.39, 0.29) is 0 Å². The van der Waals surface area contributed by atoms with Crippen molar-refractivity contribution in [2.75, 3.05) is 20.2 Å². The Labute approximate surface area is 106 Å². The van der Waals surface area contributed by atoms with Crippen molar-refractivity contribution < 1.29 is 4.74 Å². The molecule has 1 saturated carbocycles. The molecule has 1 heterocycles. The van der Waals surface area contributed by atoms with E-state index in [0.717, 1.165) is 6.54 Å². The lowest BCUT2D eigenvalue weighted by atomic mass is 9.91. The summed E-state index contributed by atoms with van der Waals surface area (Å²) in [5.41, 5.74) is 0.371. The van der Waals surface area contributed by atoms with Gasteiger partial charge in [0, 0.05) is 25.2 Å². The van der Waals surface area contributed by atoms with Crippen molar-refractivity contribution in [3.8, 4) is 0 Å². The second-order valence-electron chi connectivity index (χ2n) is 5.75. The van der Waals surface area contributed by atoms with Crippen LogP contribution in [0.4, 0.5) is 0 Å². The smallest absolute Gasteiger partial charge is 0.0724 e. The Morgan fingerprint density at radius 3 is 2.88 bits per heavy atom. The van der Waals surface area contributed by atoms with Crippen molar-refractivity contribution in [3.63, 3.8) is 0 Å². The first-order valence-corrected chi connectivity index (χ1v) is 7.31. The van der Waals surface area contributed by atoms with Gasteiger partial charge in [0.25, 0.3) is 0 Å². The molecular formula is C14H28N2O. The standard InChI is InChI=1S/C14H28N2O/c1-3-8-14(9-5-10-16-14)11-15-12-6-4-7-13(12)17-2/h12-13,15-16H,3-11H2,1-2H3. The summed E-state index contributed by atoms with van der Waals surface area (Å²) >= 11 is 0. The highest BCUT2D eigenvalue weighted by Gasteiger charge is 2.34. The number of nitrogens with one attached hydrogen (secondary N) is 2. The molecule has 2 aliphatic rings. The van der Waals surface area contributed by atoms with E-state index < -0.39 is 0 Å². The lowest BCUT2D eigenvalue weighted by Gasteiger charge is -2.32. The van der Waals surface area contributed by atoms with E-state index >= 15 is 0 Å². The summed E-state index contributed by atoms with van der Waals surface area (Å²) in [6, 6.07) is 0.580. The monoisotopic (exact) mass is 240 g/mol. The molecule has 3 nitrogen and oxygen atoms in total. The highest BCUT2D eigenvalue weighted by Crippen LogP contribution is 2.26. The van der Waals surface area contributed by atoms with Crippen LogP contribution in [0.2, 0.25) is 0 Å². The van der Waals surface area contributed by atoms with Crippen molar-refractivity contribution in [2.45, 2.75) is 69.6 Å². The van der Waals surface area contributed by atoms with Crippen LogP contribution in [0.25, 0.3) is 0 Å². The van der Waals surface area contributed by atoms with Gasteiger partial charge in [0.05, 0.1) is 6.10 Å². The molecule has 0 spiro atoms. The van der Waals surface area contributed by atoms with Gasteiger partial charge < -0.3 is 15.4 Å². The summed E-state index contributed by atoms with van der Waals surface area (Å²) in [5, 5.41) is 7.49. The molecule has 2 N–H and O–H groups in total. The fourth-order valence-electron chi connectivity index (χ4n) is 3.57. The number of methoxy groups -OCH3 is 1. The molecule has 0 aromatic rings. The number of rotatable bonds is 6. The molecule has 2 fully saturated rings. The van der Waals surface area contributed by atoms with Gasteiger partial charge in [-0.3, -0.25) is 0 Å². The topological polar surface area (TPSA) is 33.3 Å². The van der Waals surface area contributed by atoms with E-state index in [1.165, 1.54) is 51.5 Å². The third-order valence-electron chi connectivity index (χ3n) is 4.52. The second-order valence-corrected chi connectivity index (χ2v) is 5.75. The molecule has 3 unspecified atom stereocenters. The highest BCUT2D eigenvalue weighted by molar-refractivity contribution is 4.96. The Bertz CT molecular complexity index is 226. The van der Waals surface area contributed by atoms with Gasteiger partial charge in [-0.15, -0.1) is 0 Å². The highest BCUT2D eigenvalue weighted by atomic mass is 16.5. The second kappa shape index (κ2) is 6.17. The predicted octanol–water partition coefficient (Wildman–Crippen LogP) is 2.07. The Kier molecular flexibility index (Phi) is 4.83. The molecule has 0 amide bonds. The van der Waals surface area contributed by atoms with Crippen LogP contribution in [0.1, 0.15) is 51.9 Å². The van der Waals surface area contributed by atoms with Gasteiger partial charge in [-0.05, 0) is 45.1 Å². The van der Waals surface area contributed by atoms with Crippen molar-refractivity contribution in [2.24, 2.45) is 0 Å². The lowest BCUT2D eigenvalue weighted by molar-refractivity contribution is 0.0822. The first-order chi connectivity index (χ1) is 8.29. The zero-order valence-corrected chi connectivity index (χ0v) is 11.4. The van der Waals surface area contributed by atoms with Crippen LogP contribution in [0.15, 0.2) is 0 Å². The molecule has 2 rings (SSSR count). The summed E-state index contributed by atoms with van der Waals surface area (Å²) in [6.45, 7) is 4.60. The number of hydrogen-bond acceptors (Lipinski definition) is 3. The van der Waals surface area contributed by atoms with E-state index in [9.17, 15) is 0 Å². The minimum absolute atomic E-state index is 0.371. The minimum Gasteiger partial charge on any atom is -0.380 e. The normalized spacial score (nSPS) is 37.8. The molecule has 3 heteroatoms. The predicted molar refractivity (Wildman–Crippen MR) is 71.3 cm³/mol. The summed E-state index contributed by atoms with van der Waals surface area (Å²) in [5.74, 6) is 0. The summed E-state index contributed by atoms with van der Waals surface area (Å²) in [7, 11) is 1.85. The fourth-order valence-corrected chi connectivity index (χ4v) is 3.57. The maximum Gasteiger partial charge on any atom is 0.0724 e. The van der Waals surface area contributed by atoms with Crippen LogP contribution in [0.3, 0.4) is 0 Å². The average Bonchev–Trinajstić information content (AvgIpc) is 2.95. The van der Waals surface area contributed by atoms with Crippen molar-refractivity contribution in [3.05, 3.63) is 0 Å². The minimum atomic E-state index is 0.371. The molecule has 100 valence electrons. The lowest BCUT2D eigenvalue weighted by Crippen LogP contribution is -2.52. The average molecular weight is 240 g/mol. The van der Waals surface area contributed by atoms with Crippen LogP contribution < -0.4 is 10.6 Å². The van der Waals surface area contributed by atoms with Crippen molar-refractivity contribution in [1.82, 2.24) is 10.6 Å². The van der Waals surface area contributed by atoms with Gasteiger partial charge in [0.15, 0.2) is 0 Å². The Morgan fingerprint density at radius 2 is 2.24 bits per heavy atom. The van der Waals surface area contributed by atoms with Crippen molar-refractivity contribution >= 4 is 0 Å². The van der Waals surface area contributed by atoms with Crippen LogP contribution in [0.5, 0.6) is 0 Å². The number of ether oxygens (including phenoxy) is 1. The van der Waals surface area contributed by atoms with E-state index in [2.05, 4.69) is 17.6 Å². The first kappa shape index (κ1) is 13.3. The van der Waals surface area contributed by atoms with Crippen LogP contribution >= 0.6 is 0 Å². The van der Waals surface area contributed by atoms with Gasteiger partial charge in [-0.1, -0.05) is 13.3 Å². The Morgan fingerprint density at radius 1 is 1.35 bits per heavy atom. The Balaban J connectivity index is 1.82. The largest absolute Gasteiger partial charge is 0.380 e. The molecule has 0 aromatic heterocycles. The van der Waals surface area contributed by atoms with Crippen LogP contribution in [-0.2, 0) is 4.74 Å². The molecule has 1 aliphatic carbocycles. The van der Waals surface area contributed by atoms with Crippen LogP contribution in [0, 0.1) is 0 Å². The van der Waals surface area contributed by atoms with E-state index in [1.54, 1.807) is 0 Å². The maximum atomic E-state index is 5.55. The quantitative estimate of drug-likeness (QED) is 0.745.